The van der Waals surface area contributed by atoms with Crippen LogP contribution in [-0.2, 0) is 0 Å². The first-order valence-corrected chi connectivity index (χ1v) is 8.02. The number of nitrogens with zero attached hydrogens (tertiary/aromatic N) is 2. The number of benzene rings is 2. The zero-order chi connectivity index (χ0) is 16.9. The molecule has 124 valence electrons. The molecule has 24 heavy (non-hydrogen) atoms. The maximum atomic E-state index is 5.60. The summed E-state index contributed by atoms with van der Waals surface area (Å²) in [7, 11) is 0. The van der Waals surface area contributed by atoms with Gasteiger partial charge >= 0.3 is 0 Å². The molecule has 5 heteroatoms. The highest BCUT2D eigenvalue weighted by Crippen LogP contribution is 2.31. The molecule has 0 spiro atoms. The maximum Gasteiger partial charge on any atom is 0.258 e. The summed E-state index contributed by atoms with van der Waals surface area (Å²) >= 11 is 0. The van der Waals surface area contributed by atoms with Gasteiger partial charge in [0.2, 0.25) is 5.82 Å². The number of hydrogen-bond donors (Lipinski definition) is 0. The van der Waals surface area contributed by atoms with Crippen LogP contribution in [0.1, 0.15) is 19.4 Å². The normalized spacial score (nSPS) is 10.6. The second-order valence-electron chi connectivity index (χ2n) is 5.30. The van der Waals surface area contributed by atoms with Crippen LogP contribution in [0.5, 0.6) is 11.5 Å². The lowest BCUT2D eigenvalue weighted by Gasteiger charge is -2.08. The topological polar surface area (TPSA) is 57.4 Å². The number of hydrogen-bond acceptors (Lipinski definition) is 5. The highest BCUT2D eigenvalue weighted by molar-refractivity contribution is 5.64. The van der Waals surface area contributed by atoms with Crippen molar-refractivity contribution < 1.29 is 14.0 Å². The second kappa shape index (κ2) is 7.17. The molecule has 0 radical (unpaired) electrons. The van der Waals surface area contributed by atoms with Crippen LogP contribution < -0.4 is 9.47 Å². The monoisotopic (exact) mass is 324 g/mol. The number of aromatic nitrogens is 2. The summed E-state index contributed by atoms with van der Waals surface area (Å²) in [6, 6.07) is 13.6. The Morgan fingerprint density at radius 2 is 1.62 bits per heavy atom. The van der Waals surface area contributed by atoms with E-state index < -0.39 is 0 Å². The molecule has 0 saturated carbocycles. The Bertz CT molecular complexity index is 803. The third-order valence-electron chi connectivity index (χ3n) is 3.56. The van der Waals surface area contributed by atoms with E-state index in [0.717, 1.165) is 16.7 Å². The van der Waals surface area contributed by atoms with Crippen molar-refractivity contribution in [3.8, 4) is 34.3 Å². The van der Waals surface area contributed by atoms with Crippen LogP contribution in [0.3, 0.4) is 0 Å². The first-order valence-electron chi connectivity index (χ1n) is 8.02. The predicted octanol–water partition coefficient (Wildman–Crippen LogP) is 4.51. The Labute approximate surface area is 141 Å². The van der Waals surface area contributed by atoms with Gasteiger partial charge in [0.15, 0.2) is 0 Å². The van der Waals surface area contributed by atoms with E-state index in [2.05, 4.69) is 10.1 Å². The minimum absolute atomic E-state index is 0.441. The molecule has 1 heterocycles. The quantitative estimate of drug-likeness (QED) is 0.667. The zero-order valence-electron chi connectivity index (χ0n) is 14.1. The summed E-state index contributed by atoms with van der Waals surface area (Å²) in [4.78, 5) is 4.53. The molecular weight excluding hydrogens is 304 g/mol. The van der Waals surface area contributed by atoms with Gasteiger partial charge in [0.25, 0.3) is 5.89 Å². The van der Waals surface area contributed by atoms with Crippen LogP contribution in [0.15, 0.2) is 47.0 Å². The Balaban J connectivity index is 1.98. The van der Waals surface area contributed by atoms with E-state index >= 15 is 0 Å². The van der Waals surface area contributed by atoms with Crippen molar-refractivity contribution in [2.24, 2.45) is 0 Å². The SMILES string of the molecule is CCOc1cc(OCC)cc(-c2nc(-c3ccccc3C)no2)c1. The molecule has 3 aromatic rings. The standard InChI is InChI=1S/C19H20N2O3/c1-4-22-15-10-14(11-16(12-15)23-5-2)19-20-18(21-24-19)17-9-7-6-8-13(17)3/h6-12H,4-5H2,1-3H3. The van der Waals surface area contributed by atoms with Crippen LogP contribution in [-0.4, -0.2) is 23.4 Å². The highest BCUT2D eigenvalue weighted by atomic mass is 16.5. The van der Waals surface area contributed by atoms with Gasteiger partial charge in [0, 0.05) is 17.2 Å². The lowest BCUT2D eigenvalue weighted by atomic mass is 10.1. The third kappa shape index (κ3) is 3.40. The van der Waals surface area contributed by atoms with Gasteiger partial charge in [-0.3, -0.25) is 0 Å². The average molecular weight is 324 g/mol. The Morgan fingerprint density at radius 1 is 0.958 bits per heavy atom. The van der Waals surface area contributed by atoms with Gasteiger partial charge in [-0.05, 0) is 38.5 Å². The second-order valence-corrected chi connectivity index (χ2v) is 5.30. The first-order chi connectivity index (χ1) is 11.7. The molecule has 3 rings (SSSR count). The molecule has 2 aromatic carbocycles. The Morgan fingerprint density at radius 3 is 2.25 bits per heavy atom. The van der Waals surface area contributed by atoms with E-state index in [1.54, 1.807) is 0 Å². The van der Waals surface area contributed by atoms with E-state index in [9.17, 15) is 0 Å². The van der Waals surface area contributed by atoms with E-state index in [1.165, 1.54) is 0 Å². The van der Waals surface area contributed by atoms with Crippen molar-refractivity contribution in [2.75, 3.05) is 13.2 Å². The molecule has 0 N–H and O–H groups in total. The molecule has 0 aliphatic heterocycles. The maximum absolute atomic E-state index is 5.60. The lowest BCUT2D eigenvalue weighted by Crippen LogP contribution is -1.96. The molecule has 0 atom stereocenters. The zero-order valence-corrected chi connectivity index (χ0v) is 14.1. The van der Waals surface area contributed by atoms with Crippen molar-refractivity contribution in [3.05, 3.63) is 48.0 Å². The summed E-state index contributed by atoms with van der Waals surface area (Å²) in [6.45, 7) is 7.06. The molecule has 0 aliphatic rings. The first kappa shape index (κ1) is 16.1. The van der Waals surface area contributed by atoms with Crippen LogP contribution in [0.2, 0.25) is 0 Å². The molecule has 0 amide bonds. The summed E-state index contributed by atoms with van der Waals surface area (Å²) in [6.07, 6.45) is 0. The van der Waals surface area contributed by atoms with Gasteiger partial charge < -0.3 is 14.0 Å². The molecular formula is C19H20N2O3. The Hall–Kier alpha value is -2.82. The van der Waals surface area contributed by atoms with E-state index in [4.69, 9.17) is 14.0 Å². The molecule has 0 aliphatic carbocycles. The number of ether oxygens (including phenoxy) is 2. The van der Waals surface area contributed by atoms with Gasteiger partial charge in [0.05, 0.1) is 13.2 Å². The van der Waals surface area contributed by atoms with E-state index in [0.29, 0.717) is 36.4 Å². The van der Waals surface area contributed by atoms with Crippen molar-refractivity contribution in [2.45, 2.75) is 20.8 Å². The van der Waals surface area contributed by atoms with Crippen LogP contribution in [0, 0.1) is 6.92 Å². The summed E-state index contributed by atoms with van der Waals surface area (Å²) in [5, 5.41) is 4.11. The van der Waals surface area contributed by atoms with Gasteiger partial charge in [-0.15, -0.1) is 0 Å². The van der Waals surface area contributed by atoms with Gasteiger partial charge in [0.1, 0.15) is 11.5 Å². The van der Waals surface area contributed by atoms with Crippen LogP contribution in [0.4, 0.5) is 0 Å². The molecule has 1 aromatic heterocycles. The molecule has 0 bridgehead atoms. The Kier molecular flexibility index (Phi) is 4.79. The summed E-state index contributed by atoms with van der Waals surface area (Å²) < 4.78 is 16.6. The predicted molar refractivity (Wildman–Crippen MR) is 92.2 cm³/mol. The van der Waals surface area contributed by atoms with E-state index in [-0.39, 0.29) is 0 Å². The minimum Gasteiger partial charge on any atom is -0.494 e. The third-order valence-corrected chi connectivity index (χ3v) is 3.56. The van der Waals surface area contributed by atoms with Gasteiger partial charge in [-0.25, -0.2) is 0 Å². The minimum atomic E-state index is 0.441. The smallest absolute Gasteiger partial charge is 0.258 e. The van der Waals surface area contributed by atoms with Crippen LogP contribution in [0.25, 0.3) is 22.8 Å². The van der Waals surface area contributed by atoms with Crippen molar-refractivity contribution in [1.29, 1.82) is 0 Å². The fourth-order valence-electron chi connectivity index (χ4n) is 2.47. The number of aryl methyl sites for hydroxylation is 1. The average Bonchev–Trinajstić information content (AvgIpc) is 3.05. The highest BCUT2D eigenvalue weighted by Gasteiger charge is 2.14. The van der Waals surface area contributed by atoms with Crippen molar-refractivity contribution >= 4 is 0 Å². The van der Waals surface area contributed by atoms with Crippen molar-refractivity contribution in [1.82, 2.24) is 10.1 Å². The fraction of sp³-hybridized carbons (Fsp3) is 0.263. The van der Waals surface area contributed by atoms with Gasteiger partial charge in [-0.2, -0.15) is 4.98 Å². The van der Waals surface area contributed by atoms with Gasteiger partial charge in [-0.1, -0.05) is 29.4 Å². The largest absolute Gasteiger partial charge is 0.494 e. The fourth-order valence-corrected chi connectivity index (χ4v) is 2.47. The summed E-state index contributed by atoms with van der Waals surface area (Å²) in [5.41, 5.74) is 2.83. The molecule has 0 unspecified atom stereocenters. The number of rotatable bonds is 6. The lowest BCUT2D eigenvalue weighted by molar-refractivity contribution is 0.323. The summed E-state index contributed by atoms with van der Waals surface area (Å²) in [5.74, 6) is 2.45. The molecule has 0 fully saturated rings. The molecule has 5 nitrogen and oxygen atoms in total. The van der Waals surface area contributed by atoms with E-state index in [1.807, 2.05) is 63.2 Å². The van der Waals surface area contributed by atoms with Crippen LogP contribution >= 0.6 is 0 Å². The van der Waals surface area contributed by atoms with Crippen molar-refractivity contribution in [3.63, 3.8) is 0 Å². The molecule has 0 saturated heterocycles.